The van der Waals surface area contributed by atoms with Gasteiger partial charge in [-0.15, -0.1) is 0 Å². The van der Waals surface area contributed by atoms with Crippen molar-refractivity contribution in [2.45, 2.75) is 51.0 Å². The lowest BCUT2D eigenvalue weighted by Crippen LogP contribution is -2.13. The zero-order chi connectivity index (χ0) is 13.0. The van der Waals surface area contributed by atoms with Crippen LogP contribution in [0.4, 0.5) is 4.39 Å². The summed E-state index contributed by atoms with van der Waals surface area (Å²) in [6, 6.07) is 4.95. The highest BCUT2D eigenvalue weighted by atomic mass is 35.5. The lowest BCUT2D eigenvalue weighted by molar-refractivity contribution is 0.153. The molecule has 0 heterocycles. The Balaban J connectivity index is 1.82. The molecule has 1 atom stereocenters. The molecule has 1 aliphatic carbocycles. The smallest absolute Gasteiger partial charge is 0.145 e. The minimum atomic E-state index is -0.460. The largest absolute Gasteiger partial charge is 0.393 e. The third-order valence-electron chi connectivity index (χ3n) is 3.87. The standard InChI is InChI=1S/C15H20ClFO/c16-14-7-3-6-12(15(14)17)10-13(18)9-8-11-4-1-2-5-11/h3,6-7,11,13,18H,1-2,4-5,8-10H2. The summed E-state index contributed by atoms with van der Waals surface area (Å²) in [5.74, 6) is 0.378. The van der Waals surface area contributed by atoms with Crippen LogP contribution in [0, 0.1) is 11.7 Å². The fourth-order valence-corrected chi connectivity index (χ4v) is 2.98. The fourth-order valence-electron chi connectivity index (χ4n) is 2.79. The molecule has 0 radical (unpaired) electrons. The van der Waals surface area contributed by atoms with E-state index >= 15 is 0 Å². The molecular formula is C15H20ClFO. The molecule has 0 amide bonds. The molecule has 0 aromatic heterocycles. The summed E-state index contributed by atoms with van der Waals surface area (Å²) in [7, 11) is 0. The van der Waals surface area contributed by atoms with Crippen molar-refractivity contribution in [3.05, 3.63) is 34.6 Å². The Labute approximate surface area is 113 Å². The lowest BCUT2D eigenvalue weighted by Gasteiger charge is -2.14. The molecule has 0 aliphatic heterocycles. The first-order valence-electron chi connectivity index (χ1n) is 6.77. The van der Waals surface area contributed by atoms with Gasteiger partial charge in [-0.1, -0.05) is 49.4 Å². The molecule has 1 N–H and O–H groups in total. The molecule has 1 unspecified atom stereocenters. The van der Waals surface area contributed by atoms with E-state index in [1.807, 2.05) is 0 Å². The quantitative estimate of drug-likeness (QED) is 0.843. The summed E-state index contributed by atoms with van der Waals surface area (Å²) in [5.41, 5.74) is 0.515. The van der Waals surface area contributed by atoms with Gasteiger partial charge in [0.15, 0.2) is 0 Å². The van der Waals surface area contributed by atoms with Crippen LogP contribution in [0.5, 0.6) is 0 Å². The zero-order valence-corrected chi connectivity index (χ0v) is 11.3. The van der Waals surface area contributed by atoms with E-state index in [4.69, 9.17) is 11.6 Å². The van der Waals surface area contributed by atoms with Crippen LogP contribution in [-0.2, 0) is 6.42 Å². The van der Waals surface area contributed by atoms with Crippen LogP contribution in [0.3, 0.4) is 0 Å². The number of benzene rings is 1. The van der Waals surface area contributed by atoms with Crippen LogP contribution in [0.25, 0.3) is 0 Å². The Morgan fingerprint density at radius 3 is 2.78 bits per heavy atom. The van der Waals surface area contributed by atoms with Gasteiger partial charge in [-0.2, -0.15) is 0 Å². The Kier molecular flexibility index (Phi) is 5.02. The summed E-state index contributed by atoms with van der Waals surface area (Å²) in [4.78, 5) is 0. The molecule has 18 heavy (non-hydrogen) atoms. The van der Waals surface area contributed by atoms with E-state index in [9.17, 15) is 9.50 Å². The molecule has 1 aromatic rings. The first-order chi connectivity index (χ1) is 8.66. The third kappa shape index (κ3) is 3.69. The molecule has 1 nitrogen and oxygen atoms in total. The maximum Gasteiger partial charge on any atom is 0.145 e. The van der Waals surface area contributed by atoms with Gasteiger partial charge in [0.1, 0.15) is 5.82 Å². The van der Waals surface area contributed by atoms with Crippen molar-refractivity contribution >= 4 is 11.6 Å². The average Bonchev–Trinajstić information content (AvgIpc) is 2.86. The van der Waals surface area contributed by atoms with E-state index in [0.717, 1.165) is 18.8 Å². The highest BCUT2D eigenvalue weighted by Gasteiger charge is 2.17. The van der Waals surface area contributed by atoms with Gasteiger partial charge in [0.05, 0.1) is 11.1 Å². The van der Waals surface area contributed by atoms with E-state index in [1.54, 1.807) is 12.1 Å². The summed E-state index contributed by atoms with van der Waals surface area (Å²) < 4.78 is 13.7. The monoisotopic (exact) mass is 270 g/mol. The van der Waals surface area contributed by atoms with Crippen LogP contribution in [-0.4, -0.2) is 11.2 Å². The summed E-state index contributed by atoms with van der Waals surface area (Å²) in [6.45, 7) is 0. The predicted molar refractivity (Wildman–Crippen MR) is 72.3 cm³/mol. The molecule has 3 heteroatoms. The molecule has 100 valence electrons. The van der Waals surface area contributed by atoms with Crippen LogP contribution >= 0.6 is 11.6 Å². The van der Waals surface area contributed by atoms with Crippen molar-refractivity contribution in [1.82, 2.24) is 0 Å². The van der Waals surface area contributed by atoms with E-state index in [0.29, 0.717) is 12.0 Å². The van der Waals surface area contributed by atoms with Gasteiger partial charge in [0, 0.05) is 6.42 Å². The third-order valence-corrected chi connectivity index (χ3v) is 4.16. The van der Waals surface area contributed by atoms with Crippen LogP contribution in [0.2, 0.25) is 5.02 Å². The van der Waals surface area contributed by atoms with E-state index in [2.05, 4.69) is 0 Å². The van der Waals surface area contributed by atoms with Gasteiger partial charge in [0.2, 0.25) is 0 Å². The van der Waals surface area contributed by atoms with E-state index in [-0.39, 0.29) is 10.8 Å². The van der Waals surface area contributed by atoms with Crippen molar-refractivity contribution in [3.63, 3.8) is 0 Å². The number of aliphatic hydroxyl groups is 1. The number of aliphatic hydroxyl groups excluding tert-OH is 1. The highest BCUT2D eigenvalue weighted by molar-refractivity contribution is 6.30. The maximum atomic E-state index is 13.7. The molecule has 1 aliphatic rings. The molecule has 1 fully saturated rings. The fraction of sp³-hybridized carbons (Fsp3) is 0.600. The topological polar surface area (TPSA) is 20.2 Å². The minimum Gasteiger partial charge on any atom is -0.393 e. The van der Waals surface area contributed by atoms with Crippen molar-refractivity contribution in [2.24, 2.45) is 5.92 Å². The summed E-state index contributed by atoms with van der Waals surface area (Å²) in [5, 5.41) is 10.1. The van der Waals surface area contributed by atoms with Crippen molar-refractivity contribution in [2.75, 3.05) is 0 Å². The van der Waals surface area contributed by atoms with Gasteiger partial charge >= 0.3 is 0 Å². The molecule has 1 aromatic carbocycles. The van der Waals surface area contributed by atoms with Crippen LogP contribution < -0.4 is 0 Å². The van der Waals surface area contributed by atoms with Crippen LogP contribution in [0.1, 0.15) is 44.1 Å². The SMILES string of the molecule is OC(CCC1CCCC1)Cc1cccc(Cl)c1F. The Bertz CT molecular complexity index is 388. The van der Waals surface area contributed by atoms with E-state index < -0.39 is 6.10 Å². The van der Waals surface area contributed by atoms with Gasteiger partial charge < -0.3 is 5.11 Å². The Morgan fingerprint density at radius 1 is 1.33 bits per heavy atom. The number of halogens is 2. The Hall–Kier alpha value is -0.600. The highest BCUT2D eigenvalue weighted by Crippen LogP contribution is 2.29. The van der Waals surface area contributed by atoms with Crippen molar-refractivity contribution in [3.8, 4) is 0 Å². The normalized spacial score (nSPS) is 18.2. The Morgan fingerprint density at radius 2 is 2.06 bits per heavy atom. The second-order valence-electron chi connectivity index (χ2n) is 5.30. The van der Waals surface area contributed by atoms with Gasteiger partial charge in [-0.05, 0) is 30.4 Å². The second kappa shape index (κ2) is 6.53. The molecule has 0 bridgehead atoms. The summed E-state index contributed by atoms with van der Waals surface area (Å²) >= 11 is 5.72. The molecular weight excluding hydrogens is 251 g/mol. The first-order valence-corrected chi connectivity index (χ1v) is 7.15. The minimum absolute atomic E-state index is 0.135. The first kappa shape index (κ1) is 13.8. The number of hydrogen-bond acceptors (Lipinski definition) is 1. The molecule has 0 spiro atoms. The molecule has 1 saturated carbocycles. The van der Waals surface area contributed by atoms with Crippen molar-refractivity contribution < 1.29 is 9.50 Å². The van der Waals surface area contributed by atoms with E-state index in [1.165, 1.54) is 31.7 Å². The zero-order valence-electron chi connectivity index (χ0n) is 10.5. The second-order valence-corrected chi connectivity index (χ2v) is 5.71. The van der Waals surface area contributed by atoms with Gasteiger partial charge in [-0.25, -0.2) is 4.39 Å². The maximum absolute atomic E-state index is 13.7. The molecule has 2 rings (SSSR count). The molecule has 0 saturated heterocycles. The van der Waals surface area contributed by atoms with Gasteiger partial charge in [-0.3, -0.25) is 0 Å². The summed E-state index contributed by atoms with van der Waals surface area (Å²) in [6.07, 6.45) is 6.95. The number of hydrogen-bond donors (Lipinski definition) is 1. The average molecular weight is 271 g/mol. The number of rotatable bonds is 5. The lowest BCUT2D eigenvalue weighted by atomic mass is 9.96. The predicted octanol–water partition coefficient (Wildman–Crippen LogP) is 4.35. The van der Waals surface area contributed by atoms with Crippen molar-refractivity contribution in [1.29, 1.82) is 0 Å². The van der Waals surface area contributed by atoms with Crippen LogP contribution in [0.15, 0.2) is 18.2 Å². The van der Waals surface area contributed by atoms with Gasteiger partial charge in [0.25, 0.3) is 0 Å².